The number of aromatic nitrogens is 2. The van der Waals surface area contributed by atoms with Crippen molar-refractivity contribution in [3.63, 3.8) is 0 Å². The van der Waals surface area contributed by atoms with Crippen molar-refractivity contribution < 1.29 is 0 Å². The van der Waals surface area contributed by atoms with Gasteiger partial charge in [0, 0.05) is 12.4 Å². The van der Waals surface area contributed by atoms with Gasteiger partial charge in [0.15, 0.2) is 0 Å². The lowest BCUT2D eigenvalue weighted by molar-refractivity contribution is 1.43. The van der Waals surface area contributed by atoms with Gasteiger partial charge in [0.05, 0.1) is 11.0 Å². The summed E-state index contributed by atoms with van der Waals surface area (Å²) in [6.45, 7) is 0. The average molecular weight is 130 g/mol. The molecule has 1 N–H and O–H groups in total. The number of fused-ring (bicyclic) bond motifs is 1. The third kappa shape index (κ3) is 0.710. The Morgan fingerprint density at radius 1 is 1.50 bits per heavy atom. The SMILES string of the molecule is Bc1cnc2cc[nH]c2c1. The molecule has 0 fully saturated rings. The Kier molecular flexibility index (Phi) is 1.03. The van der Waals surface area contributed by atoms with E-state index in [0.29, 0.717) is 0 Å². The van der Waals surface area contributed by atoms with Crippen molar-refractivity contribution in [2.45, 2.75) is 0 Å². The molecule has 0 bridgehead atoms. The molecule has 0 aromatic carbocycles. The van der Waals surface area contributed by atoms with E-state index in [1.54, 1.807) is 0 Å². The van der Waals surface area contributed by atoms with Crippen molar-refractivity contribution in [2.75, 3.05) is 0 Å². The molecule has 0 saturated heterocycles. The van der Waals surface area contributed by atoms with Crippen LogP contribution >= 0.6 is 0 Å². The van der Waals surface area contributed by atoms with Crippen LogP contribution in [0, 0.1) is 0 Å². The van der Waals surface area contributed by atoms with Crippen LogP contribution in [0.5, 0.6) is 0 Å². The quantitative estimate of drug-likeness (QED) is 0.492. The maximum absolute atomic E-state index is 4.21. The molecule has 2 nitrogen and oxygen atoms in total. The maximum Gasteiger partial charge on any atom is 0.141 e. The summed E-state index contributed by atoms with van der Waals surface area (Å²) in [5, 5.41) is 0. The lowest BCUT2D eigenvalue weighted by atomic mass is 9.99. The summed E-state index contributed by atoms with van der Waals surface area (Å²) in [6, 6.07) is 4.05. The van der Waals surface area contributed by atoms with Gasteiger partial charge < -0.3 is 4.98 Å². The fourth-order valence-electron chi connectivity index (χ4n) is 1.04. The van der Waals surface area contributed by atoms with E-state index in [1.807, 2.05) is 26.3 Å². The number of pyridine rings is 1. The van der Waals surface area contributed by atoms with Gasteiger partial charge in [-0.3, -0.25) is 4.98 Å². The summed E-state index contributed by atoms with van der Waals surface area (Å²) >= 11 is 0. The molecule has 2 aromatic rings. The minimum absolute atomic E-state index is 1.03. The number of aromatic amines is 1. The normalized spacial score (nSPS) is 10.4. The average Bonchev–Trinajstić information content (AvgIpc) is 2.33. The van der Waals surface area contributed by atoms with E-state index in [9.17, 15) is 0 Å². The van der Waals surface area contributed by atoms with E-state index in [2.05, 4.69) is 16.0 Å². The molecule has 3 heteroatoms. The van der Waals surface area contributed by atoms with Gasteiger partial charge in [-0.15, -0.1) is 0 Å². The van der Waals surface area contributed by atoms with Crippen molar-refractivity contribution in [3.8, 4) is 0 Å². The molecular weight excluding hydrogens is 123 g/mol. The first-order chi connectivity index (χ1) is 4.86. The van der Waals surface area contributed by atoms with Crippen LogP contribution in [-0.2, 0) is 0 Å². The smallest absolute Gasteiger partial charge is 0.141 e. The molecule has 2 aromatic heterocycles. The molecule has 0 radical (unpaired) electrons. The third-order valence-electron chi connectivity index (χ3n) is 1.54. The van der Waals surface area contributed by atoms with Crippen LogP contribution in [-0.4, -0.2) is 17.8 Å². The molecular formula is C7H7BN2. The fourth-order valence-corrected chi connectivity index (χ4v) is 1.04. The highest BCUT2D eigenvalue weighted by Crippen LogP contribution is 2.04. The molecule has 0 saturated carbocycles. The van der Waals surface area contributed by atoms with Crippen LogP contribution in [0.2, 0.25) is 0 Å². The van der Waals surface area contributed by atoms with Crippen LogP contribution in [0.1, 0.15) is 0 Å². The highest BCUT2D eigenvalue weighted by Gasteiger charge is 1.92. The molecule has 0 aliphatic rings. The van der Waals surface area contributed by atoms with Crippen LogP contribution in [0.15, 0.2) is 24.5 Å². The lowest BCUT2D eigenvalue weighted by Gasteiger charge is -1.89. The fraction of sp³-hybridized carbons (Fsp3) is 0. The Morgan fingerprint density at radius 3 is 3.30 bits per heavy atom. The Morgan fingerprint density at radius 2 is 2.40 bits per heavy atom. The molecule has 0 spiro atoms. The van der Waals surface area contributed by atoms with Gasteiger partial charge in [0.2, 0.25) is 0 Å². The summed E-state index contributed by atoms with van der Waals surface area (Å²) in [6.07, 6.45) is 3.77. The summed E-state index contributed by atoms with van der Waals surface area (Å²) in [4.78, 5) is 7.31. The molecule has 2 heterocycles. The summed E-state index contributed by atoms with van der Waals surface area (Å²) in [5.41, 5.74) is 3.33. The van der Waals surface area contributed by atoms with Crippen molar-refractivity contribution in [3.05, 3.63) is 24.5 Å². The lowest BCUT2D eigenvalue weighted by Crippen LogP contribution is -2.01. The topological polar surface area (TPSA) is 28.7 Å². The van der Waals surface area contributed by atoms with E-state index >= 15 is 0 Å². The highest BCUT2D eigenvalue weighted by atomic mass is 14.7. The highest BCUT2D eigenvalue weighted by molar-refractivity contribution is 6.32. The molecule has 10 heavy (non-hydrogen) atoms. The monoisotopic (exact) mass is 130 g/mol. The first kappa shape index (κ1) is 5.53. The van der Waals surface area contributed by atoms with E-state index in [4.69, 9.17) is 0 Å². The minimum atomic E-state index is 1.03. The van der Waals surface area contributed by atoms with Gasteiger partial charge >= 0.3 is 0 Å². The Bertz CT molecular complexity index is 353. The maximum atomic E-state index is 4.21. The molecule has 0 aliphatic carbocycles. The summed E-state index contributed by atoms with van der Waals surface area (Å²) in [7, 11) is 2.04. The number of H-pyrrole nitrogens is 1. The van der Waals surface area contributed by atoms with Crippen LogP contribution in [0.25, 0.3) is 11.0 Å². The zero-order valence-electron chi connectivity index (χ0n) is 5.76. The van der Waals surface area contributed by atoms with Gasteiger partial charge in [-0.2, -0.15) is 0 Å². The van der Waals surface area contributed by atoms with E-state index in [-0.39, 0.29) is 0 Å². The predicted octanol–water partition coefficient (Wildman–Crippen LogP) is -0.179. The van der Waals surface area contributed by atoms with Crippen molar-refractivity contribution >= 4 is 24.3 Å². The van der Waals surface area contributed by atoms with Crippen molar-refractivity contribution in [1.29, 1.82) is 0 Å². The molecule has 0 atom stereocenters. The first-order valence-corrected chi connectivity index (χ1v) is 3.26. The number of nitrogens with one attached hydrogen (secondary N) is 1. The van der Waals surface area contributed by atoms with Gasteiger partial charge in [-0.25, -0.2) is 0 Å². The predicted molar refractivity (Wildman–Crippen MR) is 44.3 cm³/mol. The van der Waals surface area contributed by atoms with Gasteiger partial charge in [-0.1, -0.05) is 5.46 Å². The Hall–Kier alpha value is -1.25. The van der Waals surface area contributed by atoms with E-state index in [0.717, 1.165) is 11.0 Å². The van der Waals surface area contributed by atoms with Crippen molar-refractivity contribution in [2.24, 2.45) is 0 Å². The second-order valence-corrected chi connectivity index (χ2v) is 2.42. The first-order valence-electron chi connectivity index (χ1n) is 3.26. The Labute approximate surface area is 59.7 Å². The number of hydrogen-bond donors (Lipinski definition) is 1. The molecule has 0 aliphatic heterocycles. The van der Waals surface area contributed by atoms with Crippen LogP contribution in [0.4, 0.5) is 0 Å². The van der Waals surface area contributed by atoms with Gasteiger partial charge in [-0.05, 0) is 12.1 Å². The van der Waals surface area contributed by atoms with Crippen LogP contribution < -0.4 is 5.46 Å². The number of rotatable bonds is 0. The van der Waals surface area contributed by atoms with E-state index < -0.39 is 0 Å². The second kappa shape index (κ2) is 1.87. The minimum Gasteiger partial charge on any atom is -0.360 e. The standard InChI is InChI=1S/C7H7BN2/c8-5-3-7-6(10-4-5)1-2-9-7/h1-4,9H,8H2. The molecule has 0 amide bonds. The summed E-state index contributed by atoms with van der Waals surface area (Å²) < 4.78 is 0. The number of hydrogen-bond acceptors (Lipinski definition) is 1. The zero-order valence-corrected chi connectivity index (χ0v) is 5.76. The van der Waals surface area contributed by atoms with Crippen molar-refractivity contribution in [1.82, 2.24) is 9.97 Å². The van der Waals surface area contributed by atoms with Gasteiger partial charge in [0.1, 0.15) is 7.85 Å². The number of nitrogens with zero attached hydrogens (tertiary/aromatic N) is 1. The largest absolute Gasteiger partial charge is 0.360 e. The molecule has 2 rings (SSSR count). The second-order valence-electron chi connectivity index (χ2n) is 2.42. The summed E-state index contributed by atoms with van der Waals surface area (Å²) in [5.74, 6) is 0. The van der Waals surface area contributed by atoms with Gasteiger partial charge in [0.25, 0.3) is 0 Å². The Balaban J connectivity index is 2.86. The van der Waals surface area contributed by atoms with Crippen LogP contribution in [0.3, 0.4) is 0 Å². The molecule has 48 valence electrons. The zero-order chi connectivity index (χ0) is 6.97. The third-order valence-corrected chi connectivity index (χ3v) is 1.54. The molecule has 0 unspecified atom stereocenters. The van der Waals surface area contributed by atoms with E-state index in [1.165, 1.54) is 5.46 Å².